The summed E-state index contributed by atoms with van der Waals surface area (Å²) < 4.78 is 0. The number of aliphatic imine (C=N–C) groups is 2. The fraction of sp³-hybridized carbons (Fsp3) is 0.333. The Labute approximate surface area is 80.6 Å². The monoisotopic (exact) mass is 190 g/mol. The third-order valence-corrected chi connectivity index (χ3v) is 1.86. The molecule has 0 saturated heterocycles. The van der Waals surface area contributed by atoms with Gasteiger partial charge < -0.3 is 4.98 Å². The van der Waals surface area contributed by atoms with E-state index in [4.69, 9.17) is 0 Å². The van der Waals surface area contributed by atoms with E-state index in [1.165, 1.54) is 6.33 Å². The molecule has 0 unspecified atom stereocenters. The third kappa shape index (κ3) is 1.48. The summed E-state index contributed by atoms with van der Waals surface area (Å²) >= 11 is 0. The van der Waals surface area contributed by atoms with Crippen LogP contribution in [0.15, 0.2) is 21.1 Å². The Kier molecular flexibility index (Phi) is 1.80. The molecule has 0 fully saturated rings. The van der Waals surface area contributed by atoms with Crippen LogP contribution in [0.1, 0.15) is 13.8 Å². The number of aromatic amines is 1. The van der Waals surface area contributed by atoms with Crippen LogP contribution in [0.4, 0.5) is 11.5 Å². The molecule has 0 aromatic carbocycles. The van der Waals surface area contributed by atoms with E-state index in [0.717, 1.165) is 0 Å². The van der Waals surface area contributed by atoms with Crippen LogP contribution in [-0.2, 0) is 0 Å². The summed E-state index contributed by atoms with van der Waals surface area (Å²) in [6.45, 7) is 3.92. The van der Waals surface area contributed by atoms with Crippen LogP contribution >= 0.6 is 0 Å². The summed E-state index contributed by atoms with van der Waals surface area (Å²) in [7, 11) is 0. The van der Waals surface area contributed by atoms with Crippen LogP contribution in [0.25, 0.3) is 0 Å². The highest BCUT2D eigenvalue weighted by molar-refractivity contribution is 5.92. The van der Waals surface area contributed by atoms with E-state index in [9.17, 15) is 4.79 Å². The maximum atomic E-state index is 11.3. The molecule has 0 atom stereocenters. The largest absolute Gasteiger partial charge is 0.311 e. The molecule has 1 N–H and O–H groups in total. The minimum absolute atomic E-state index is 0.243. The first-order valence-corrected chi connectivity index (χ1v) is 4.27. The zero-order valence-electron chi connectivity index (χ0n) is 7.98. The Hall–Kier alpha value is -1.78. The van der Waals surface area contributed by atoms with Gasteiger partial charge in [-0.2, -0.15) is 0 Å². The number of hydrogen-bond acceptors (Lipinski definition) is 4. The second-order valence-electron chi connectivity index (χ2n) is 3.74. The molecular formula is C9H10N4O. The highest BCUT2D eigenvalue weighted by Crippen LogP contribution is 2.24. The summed E-state index contributed by atoms with van der Waals surface area (Å²) in [6.07, 6.45) is 4.75. The van der Waals surface area contributed by atoms with Crippen LogP contribution < -0.4 is 5.56 Å². The summed E-state index contributed by atoms with van der Waals surface area (Å²) in [5.74, 6) is 0.371. The van der Waals surface area contributed by atoms with Crippen LogP contribution in [0.2, 0.25) is 0 Å². The van der Waals surface area contributed by atoms with Gasteiger partial charge in [-0.15, -0.1) is 0 Å². The molecule has 1 aromatic rings. The first kappa shape index (κ1) is 8.80. The molecule has 0 radical (unpaired) electrons. The van der Waals surface area contributed by atoms with Gasteiger partial charge in [-0.3, -0.25) is 9.79 Å². The van der Waals surface area contributed by atoms with Gasteiger partial charge in [0.05, 0.1) is 6.33 Å². The van der Waals surface area contributed by atoms with Crippen molar-refractivity contribution in [3.05, 3.63) is 16.7 Å². The molecule has 5 heteroatoms. The Morgan fingerprint density at radius 3 is 2.79 bits per heavy atom. The molecule has 0 saturated carbocycles. The Balaban J connectivity index is 2.66. The summed E-state index contributed by atoms with van der Waals surface area (Å²) in [5.41, 5.74) is -0.233. The lowest BCUT2D eigenvalue weighted by atomic mass is 9.98. The van der Waals surface area contributed by atoms with Crippen molar-refractivity contribution in [1.82, 2.24) is 9.97 Å². The van der Waals surface area contributed by atoms with Crippen molar-refractivity contribution in [3.63, 3.8) is 0 Å². The lowest BCUT2D eigenvalue weighted by molar-refractivity contribution is 0.767. The highest BCUT2D eigenvalue weighted by Gasteiger charge is 2.17. The molecule has 0 spiro atoms. The maximum Gasteiger partial charge on any atom is 0.278 e. The van der Waals surface area contributed by atoms with Crippen LogP contribution in [0, 0.1) is 5.41 Å². The van der Waals surface area contributed by atoms with Crippen molar-refractivity contribution < 1.29 is 0 Å². The quantitative estimate of drug-likeness (QED) is 0.668. The first-order valence-electron chi connectivity index (χ1n) is 4.27. The van der Waals surface area contributed by atoms with E-state index in [-0.39, 0.29) is 16.7 Å². The average Bonchev–Trinajstić information content (AvgIpc) is 2.27. The summed E-state index contributed by atoms with van der Waals surface area (Å²) in [5, 5.41) is 0. The summed E-state index contributed by atoms with van der Waals surface area (Å²) in [6, 6.07) is 0. The van der Waals surface area contributed by atoms with E-state index in [0.29, 0.717) is 5.82 Å². The number of H-pyrrole nitrogens is 1. The number of nitrogens with one attached hydrogen (secondary N) is 1. The van der Waals surface area contributed by atoms with Crippen LogP contribution in [0.3, 0.4) is 0 Å². The molecule has 5 nitrogen and oxygen atoms in total. The molecule has 72 valence electrons. The summed E-state index contributed by atoms with van der Waals surface area (Å²) in [4.78, 5) is 25.9. The third-order valence-electron chi connectivity index (χ3n) is 1.86. The molecule has 2 heterocycles. The van der Waals surface area contributed by atoms with Crippen LogP contribution in [0.5, 0.6) is 0 Å². The van der Waals surface area contributed by atoms with Gasteiger partial charge in [0.1, 0.15) is 0 Å². The van der Waals surface area contributed by atoms with Gasteiger partial charge in [0, 0.05) is 17.8 Å². The van der Waals surface area contributed by atoms with Crippen molar-refractivity contribution in [2.24, 2.45) is 15.4 Å². The average molecular weight is 190 g/mol. The van der Waals surface area contributed by atoms with Crippen molar-refractivity contribution in [2.45, 2.75) is 13.8 Å². The topological polar surface area (TPSA) is 70.5 Å². The van der Waals surface area contributed by atoms with E-state index in [1.54, 1.807) is 12.4 Å². The van der Waals surface area contributed by atoms with Crippen LogP contribution in [-0.4, -0.2) is 22.4 Å². The van der Waals surface area contributed by atoms with Crippen molar-refractivity contribution in [1.29, 1.82) is 0 Å². The van der Waals surface area contributed by atoms with Crippen molar-refractivity contribution in [2.75, 3.05) is 0 Å². The molecule has 1 aromatic heterocycles. The molecule has 0 aliphatic carbocycles. The zero-order valence-corrected chi connectivity index (χ0v) is 7.98. The SMILES string of the molecule is CC1(C)C=Nc2nc[nH]c(=O)c2N=C1. The Morgan fingerprint density at radius 1 is 1.29 bits per heavy atom. The molecular weight excluding hydrogens is 180 g/mol. The zero-order chi connectivity index (χ0) is 10.2. The number of nitrogens with zero attached hydrogens (tertiary/aromatic N) is 3. The van der Waals surface area contributed by atoms with E-state index >= 15 is 0 Å². The predicted octanol–water partition coefficient (Wildman–Crippen LogP) is 1.21. The minimum atomic E-state index is -0.263. The van der Waals surface area contributed by atoms with Gasteiger partial charge in [-0.05, 0) is 13.8 Å². The lowest BCUT2D eigenvalue weighted by Gasteiger charge is -2.08. The molecule has 1 aliphatic rings. The predicted molar refractivity (Wildman–Crippen MR) is 54.9 cm³/mol. The number of hydrogen-bond donors (Lipinski definition) is 1. The fourth-order valence-corrected chi connectivity index (χ4v) is 1.09. The fourth-order valence-electron chi connectivity index (χ4n) is 1.09. The number of rotatable bonds is 0. The lowest BCUT2D eigenvalue weighted by Crippen LogP contribution is -2.13. The first-order chi connectivity index (χ1) is 6.58. The molecule has 1 aliphatic heterocycles. The van der Waals surface area contributed by atoms with Gasteiger partial charge >= 0.3 is 0 Å². The Morgan fingerprint density at radius 2 is 2.00 bits per heavy atom. The standard InChI is InChI=1S/C9H10N4O/c1-9(2)3-10-6-7(11-4-9)12-5-13-8(6)14/h3-5H,1-2H3,(H,12,13,14). The van der Waals surface area contributed by atoms with Crippen molar-refractivity contribution in [3.8, 4) is 0 Å². The van der Waals surface area contributed by atoms with E-state index in [2.05, 4.69) is 20.0 Å². The Bertz CT molecular complexity index is 470. The van der Waals surface area contributed by atoms with Gasteiger partial charge in [0.25, 0.3) is 5.56 Å². The van der Waals surface area contributed by atoms with E-state index < -0.39 is 0 Å². The number of fused-ring (bicyclic) bond motifs is 1. The normalized spacial score (nSPS) is 17.6. The second kappa shape index (κ2) is 2.87. The highest BCUT2D eigenvalue weighted by atomic mass is 16.1. The maximum absolute atomic E-state index is 11.3. The molecule has 14 heavy (non-hydrogen) atoms. The van der Waals surface area contributed by atoms with Gasteiger partial charge in [-0.1, -0.05) is 0 Å². The van der Waals surface area contributed by atoms with E-state index in [1.807, 2.05) is 13.8 Å². The molecule has 0 amide bonds. The second-order valence-corrected chi connectivity index (χ2v) is 3.74. The van der Waals surface area contributed by atoms with Gasteiger partial charge in [0.2, 0.25) is 0 Å². The smallest absolute Gasteiger partial charge is 0.278 e. The van der Waals surface area contributed by atoms with Crippen molar-refractivity contribution >= 4 is 23.9 Å². The number of aromatic nitrogens is 2. The minimum Gasteiger partial charge on any atom is -0.311 e. The molecule has 0 bridgehead atoms. The molecule has 2 rings (SSSR count). The van der Waals surface area contributed by atoms with Gasteiger partial charge in [0.15, 0.2) is 11.5 Å². The van der Waals surface area contributed by atoms with Gasteiger partial charge in [-0.25, -0.2) is 9.98 Å².